The van der Waals surface area contributed by atoms with Gasteiger partial charge in [0.25, 0.3) is 0 Å². The maximum Gasteiger partial charge on any atom is 0.220 e. The van der Waals surface area contributed by atoms with Crippen molar-refractivity contribution in [3.8, 4) is 0 Å². The summed E-state index contributed by atoms with van der Waals surface area (Å²) in [6, 6.07) is 10.6. The van der Waals surface area contributed by atoms with Gasteiger partial charge in [-0.05, 0) is 37.5 Å². The number of nitrogens with zero attached hydrogens (tertiary/aromatic N) is 1. The fourth-order valence-electron chi connectivity index (χ4n) is 2.66. The molecule has 92 valence electrons. The van der Waals surface area contributed by atoms with Gasteiger partial charge in [0.15, 0.2) is 0 Å². The molecule has 0 spiro atoms. The molecule has 1 aliphatic rings. The highest BCUT2D eigenvalue weighted by Gasteiger charge is 2.21. The first-order valence-electron chi connectivity index (χ1n) is 6.37. The number of carbonyl (C=O) groups excluding carboxylic acids is 1. The number of benzene rings is 1. The first kappa shape index (κ1) is 11.2. The Hall–Kier alpha value is -1.90. The average Bonchev–Trinajstić information content (AvgIpc) is 2.74. The lowest BCUT2D eigenvalue weighted by Crippen LogP contribution is -2.27. The Morgan fingerprint density at radius 1 is 1.39 bits per heavy atom. The molecule has 1 aliphatic heterocycles. The van der Waals surface area contributed by atoms with Gasteiger partial charge in [-0.25, -0.2) is 0 Å². The number of fused-ring (bicyclic) bond motifs is 1. The summed E-state index contributed by atoms with van der Waals surface area (Å²) in [6.45, 7) is 2.02. The highest BCUT2D eigenvalue weighted by Crippen LogP contribution is 2.21. The lowest BCUT2D eigenvalue weighted by molar-refractivity contribution is -0.119. The predicted octanol–water partition coefficient (Wildman–Crippen LogP) is 2.36. The lowest BCUT2D eigenvalue weighted by atomic mass is 10.00. The number of pyridine rings is 1. The van der Waals surface area contributed by atoms with Crippen LogP contribution < -0.4 is 5.32 Å². The minimum atomic E-state index is 0.176. The normalized spacial score (nSPS) is 19.2. The van der Waals surface area contributed by atoms with E-state index in [1.54, 1.807) is 0 Å². The number of carbonyl (C=O) groups is 1. The first-order chi connectivity index (χ1) is 8.72. The summed E-state index contributed by atoms with van der Waals surface area (Å²) in [7, 11) is 0. The zero-order valence-electron chi connectivity index (χ0n) is 10.4. The molecule has 1 saturated heterocycles. The van der Waals surface area contributed by atoms with Gasteiger partial charge in [-0.1, -0.05) is 18.2 Å². The Balaban J connectivity index is 1.97. The van der Waals surface area contributed by atoms with Gasteiger partial charge in [0.05, 0.1) is 5.52 Å². The molecule has 1 aromatic carbocycles. The summed E-state index contributed by atoms with van der Waals surface area (Å²) in [4.78, 5) is 15.8. The molecule has 1 unspecified atom stereocenters. The summed E-state index contributed by atoms with van der Waals surface area (Å²) in [5.41, 5.74) is 3.36. The lowest BCUT2D eigenvalue weighted by Gasteiger charge is -2.12. The van der Waals surface area contributed by atoms with Gasteiger partial charge >= 0.3 is 0 Å². The second-order valence-electron chi connectivity index (χ2n) is 4.95. The van der Waals surface area contributed by atoms with Crippen molar-refractivity contribution in [2.75, 3.05) is 0 Å². The van der Waals surface area contributed by atoms with Crippen molar-refractivity contribution < 1.29 is 4.79 Å². The topological polar surface area (TPSA) is 42.0 Å². The molecular weight excluding hydrogens is 224 g/mol. The fraction of sp³-hybridized carbons (Fsp3) is 0.333. The molecule has 18 heavy (non-hydrogen) atoms. The van der Waals surface area contributed by atoms with Crippen LogP contribution in [-0.2, 0) is 11.2 Å². The van der Waals surface area contributed by atoms with E-state index in [1.807, 2.05) is 25.1 Å². The van der Waals surface area contributed by atoms with E-state index in [2.05, 4.69) is 22.4 Å². The minimum absolute atomic E-state index is 0.176. The van der Waals surface area contributed by atoms with E-state index >= 15 is 0 Å². The van der Waals surface area contributed by atoms with Gasteiger partial charge in [0, 0.05) is 23.5 Å². The molecule has 3 rings (SSSR count). The van der Waals surface area contributed by atoms with Gasteiger partial charge in [-0.3, -0.25) is 9.78 Å². The summed E-state index contributed by atoms with van der Waals surface area (Å²) in [5, 5.41) is 4.23. The molecule has 3 heteroatoms. The predicted molar refractivity (Wildman–Crippen MR) is 71.3 cm³/mol. The molecule has 0 bridgehead atoms. The molecule has 1 aromatic heterocycles. The van der Waals surface area contributed by atoms with Gasteiger partial charge in [0.1, 0.15) is 0 Å². The van der Waals surface area contributed by atoms with E-state index in [1.165, 1.54) is 10.9 Å². The number of amides is 1. The Morgan fingerprint density at radius 3 is 3.00 bits per heavy atom. The van der Waals surface area contributed by atoms with Crippen LogP contribution in [0.25, 0.3) is 10.9 Å². The number of rotatable bonds is 2. The molecule has 1 fully saturated rings. The number of hydrogen-bond donors (Lipinski definition) is 1. The van der Waals surface area contributed by atoms with E-state index in [0.29, 0.717) is 6.42 Å². The highest BCUT2D eigenvalue weighted by molar-refractivity contribution is 5.83. The molecular formula is C15H16N2O. The molecule has 0 saturated carbocycles. The number of aryl methyl sites for hydroxylation is 1. The Morgan fingerprint density at radius 2 is 2.22 bits per heavy atom. The summed E-state index contributed by atoms with van der Waals surface area (Å²) < 4.78 is 0. The van der Waals surface area contributed by atoms with Crippen LogP contribution >= 0.6 is 0 Å². The van der Waals surface area contributed by atoms with E-state index in [0.717, 1.165) is 24.1 Å². The summed E-state index contributed by atoms with van der Waals surface area (Å²) in [5.74, 6) is 0.176. The highest BCUT2D eigenvalue weighted by atomic mass is 16.1. The first-order valence-corrected chi connectivity index (χ1v) is 6.37. The van der Waals surface area contributed by atoms with Crippen LogP contribution in [0.2, 0.25) is 0 Å². The number of hydrogen-bond acceptors (Lipinski definition) is 2. The van der Waals surface area contributed by atoms with Crippen LogP contribution in [0, 0.1) is 6.92 Å². The van der Waals surface area contributed by atoms with Crippen LogP contribution in [0.4, 0.5) is 0 Å². The zero-order valence-corrected chi connectivity index (χ0v) is 10.4. The van der Waals surface area contributed by atoms with Crippen LogP contribution in [0.15, 0.2) is 30.3 Å². The maximum absolute atomic E-state index is 11.3. The Kier molecular flexibility index (Phi) is 2.74. The van der Waals surface area contributed by atoms with Crippen molar-refractivity contribution in [2.45, 2.75) is 32.2 Å². The molecule has 0 aliphatic carbocycles. The Labute approximate surface area is 106 Å². The largest absolute Gasteiger partial charge is 0.353 e. The van der Waals surface area contributed by atoms with Gasteiger partial charge in [0.2, 0.25) is 5.91 Å². The Bertz CT molecular complexity index is 606. The third-order valence-corrected chi connectivity index (χ3v) is 3.48. The SMILES string of the molecule is Cc1cc(CC2CCC(=O)N2)c2ccccc2n1. The van der Waals surface area contributed by atoms with Crippen LogP contribution in [0.5, 0.6) is 0 Å². The van der Waals surface area contributed by atoms with Crippen molar-refractivity contribution in [3.05, 3.63) is 41.6 Å². The number of nitrogens with one attached hydrogen (secondary N) is 1. The monoisotopic (exact) mass is 240 g/mol. The van der Waals surface area contributed by atoms with E-state index in [9.17, 15) is 4.79 Å². The van der Waals surface area contributed by atoms with Gasteiger partial charge < -0.3 is 5.32 Å². The van der Waals surface area contributed by atoms with Gasteiger partial charge in [-0.2, -0.15) is 0 Å². The van der Waals surface area contributed by atoms with Gasteiger partial charge in [-0.15, -0.1) is 0 Å². The summed E-state index contributed by atoms with van der Waals surface area (Å²) >= 11 is 0. The molecule has 1 atom stereocenters. The minimum Gasteiger partial charge on any atom is -0.353 e. The van der Waals surface area contributed by atoms with Crippen molar-refractivity contribution in [1.29, 1.82) is 0 Å². The van der Waals surface area contributed by atoms with Crippen LogP contribution in [0.1, 0.15) is 24.1 Å². The smallest absolute Gasteiger partial charge is 0.220 e. The number of para-hydroxylation sites is 1. The van der Waals surface area contributed by atoms with E-state index < -0.39 is 0 Å². The third kappa shape index (κ3) is 2.08. The number of aromatic nitrogens is 1. The second kappa shape index (κ2) is 4.41. The maximum atomic E-state index is 11.3. The molecule has 1 amide bonds. The second-order valence-corrected chi connectivity index (χ2v) is 4.95. The van der Waals surface area contributed by atoms with Crippen molar-refractivity contribution >= 4 is 16.8 Å². The van der Waals surface area contributed by atoms with Crippen LogP contribution in [0.3, 0.4) is 0 Å². The van der Waals surface area contributed by atoms with Crippen molar-refractivity contribution in [3.63, 3.8) is 0 Å². The molecule has 0 radical (unpaired) electrons. The fourth-order valence-corrected chi connectivity index (χ4v) is 2.66. The molecule has 3 nitrogen and oxygen atoms in total. The van der Waals surface area contributed by atoms with Crippen molar-refractivity contribution in [1.82, 2.24) is 10.3 Å². The standard InChI is InChI=1S/C15H16N2O/c1-10-8-11(9-12-6-7-15(18)17-12)13-4-2-3-5-14(13)16-10/h2-5,8,12H,6-7,9H2,1H3,(H,17,18). The van der Waals surface area contributed by atoms with E-state index in [-0.39, 0.29) is 11.9 Å². The molecule has 1 N–H and O–H groups in total. The average molecular weight is 240 g/mol. The molecule has 2 heterocycles. The quantitative estimate of drug-likeness (QED) is 0.875. The van der Waals surface area contributed by atoms with Crippen LogP contribution in [-0.4, -0.2) is 16.9 Å². The van der Waals surface area contributed by atoms with E-state index in [4.69, 9.17) is 0 Å². The molecule has 2 aromatic rings. The third-order valence-electron chi connectivity index (χ3n) is 3.48. The van der Waals surface area contributed by atoms with Crippen molar-refractivity contribution in [2.24, 2.45) is 0 Å². The summed E-state index contributed by atoms with van der Waals surface area (Å²) in [6.07, 6.45) is 2.50. The zero-order chi connectivity index (χ0) is 12.5.